The van der Waals surface area contributed by atoms with Gasteiger partial charge in [-0.1, -0.05) is 50.2 Å². The van der Waals surface area contributed by atoms with Crippen molar-refractivity contribution in [2.75, 3.05) is 0 Å². The second-order valence-electron chi connectivity index (χ2n) is 5.93. The molecule has 2 aromatic rings. The zero-order chi connectivity index (χ0) is 18.9. The van der Waals surface area contributed by atoms with Crippen molar-refractivity contribution in [1.82, 2.24) is 0 Å². The van der Waals surface area contributed by atoms with Crippen LogP contribution in [0.5, 0.6) is 5.75 Å². The highest BCUT2D eigenvalue weighted by molar-refractivity contribution is 5.88. The summed E-state index contributed by atoms with van der Waals surface area (Å²) in [4.78, 5) is 11.9. The Morgan fingerprint density at radius 3 is 2.08 bits per heavy atom. The Hall–Kier alpha value is -3.63. The highest BCUT2D eigenvalue weighted by Crippen LogP contribution is 2.16. The predicted octanol–water partition coefficient (Wildman–Crippen LogP) is 4.86. The lowest BCUT2D eigenvalue weighted by Gasteiger charge is -2.04. The van der Waals surface area contributed by atoms with Gasteiger partial charge in [-0.3, -0.25) is 0 Å². The third-order valence-corrected chi connectivity index (χ3v) is 3.67. The monoisotopic (exact) mass is 342 g/mol. The molecule has 0 aliphatic rings. The topological polar surface area (TPSA) is 73.9 Å². The summed E-state index contributed by atoms with van der Waals surface area (Å²) >= 11 is 0. The summed E-state index contributed by atoms with van der Waals surface area (Å²) in [5, 5.41) is 17.5. The number of esters is 1. The van der Waals surface area contributed by atoms with Gasteiger partial charge < -0.3 is 4.74 Å². The van der Waals surface area contributed by atoms with Gasteiger partial charge in [-0.15, -0.1) is 0 Å². The van der Waals surface area contributed by atoms with Crippen LogP contribution < -0.4 is 4.74 Å². The lowest BCUT2D eigenvalue weighted by Crippen LogP contribution is -2.03. The molecule has 2 rings (SSSR count). The molecule has 128 valence electrons. The number of carbonyl (C=O) groups excluding carboxylic acids is 1. The molecule has 26 heavy (non-hydrogen) atoms. The van der Waals surface area contributed by atoms with E-state index in [2.05, 4.69) is 13.8 Å². The van der Waals surface area contributed by atoms with Gasteiger partial charge in [0.2, 0.25) is 0 Å². The Morgan fingerprint density at radius 2 is 1.54 bits per heavy atom. The Kier molecular flexibility index (Phi) is 6.48. The number of ether oxygens (including phenoxy) is 1. The Labute approximate surface area is 153 Å². The molecular weight excluding hydrogens is 324 g/mol. The van der Waals surface area contributed by atoms with Crippen LogP contribution in [0.25, 0.3) is 12.2 Å². The van der Waals surface area contributed by atoms with E-state index < -0.39 is 5.97 Å². The van der Waals surface area contributed by atoms with E-state index in [4.69, 9.17) is 15.3 Å². The van der Waals surface area contributed by atoms with Gasteiger partial charge in [0.15, 0.2) is 0 Å². The molecule has 0 saturated carbocycles. The smallest absolute Gasteiger partial charge is 0.336 e. The van der Waals surface area contributed by atoms with Crippen molar-refractivity contribution in [2.45, 2.75) is 19.8 Å². The number of nitriles is 2. The van der Waals surface area contributed by atoms with Crippen molar-refractivity contribution in [3.05, 3.63) is 76.9 Å². The van der Waals surface area contributed by atoms with Crippen LogP contribution in [0.4, 0.5) is 0 Å². The molecule has 2 aromatic carbocycles. The van der Waals surface area contributed by atoms with E-state index in [-0.39, 0.29) is 5.57 Å². The minimum absolute atomic E-state index is 0.0150. The van der Waals surface area contributed by atoms with Crippen molar-refractivity contribution in [2.24, 2.45) is 0 Å². The van der Waals surface area contributed by atoms with Crippen LogP contribution in [0, 0.1) is 22.7 Å². The fourth-order valence-electron chi connectivity index (χ4n) is 2.19. The highest BCUT2D eigenvalue weighted by Gasteiger charge is 2.02. The first-order valence-corrected chi connectivity index (χ1v) is 8.13. The van der Waals surface area contributed by atoms with Crippen molar-refractivity contribution in [1.29, 1.82) is 10.5 Å². The van der Waals surface area contributed by atoms with Gasteiger partial charge >= 0.3 is 5.97 Å². The second-order valence-corrected chi connectivity index (χ2v) is 5.93. The molecule has 0 bridgehead atoms. The standard InChI is InChI=1S/C22H18N2O2/c1-16(2)20-8-3-17(4-9-20)7-12-22(25)26-21-10-5-18(6-11-21)13-19(14-23)15-24/h3-13,16H,1-2H3/b12-7+. The third-order valence-electron chi connectivity index (χ3n) is 3.67. The van der Waals surface area contributed by atoms with Crippen molar-refractivity contribution < 1.29 is 9.53 Å². The quantitative estimate of drug-likeness (QED) is 0.337. The van der Waals surface area contributed by atoms with E-state index in [9.17, 15) is 4.79 Å². The zero-order valence-electron chi connectivity index (χ0n) is 14.6. The first-order valence-electron chi connectivity index (χ1n) is 8.13. The van der Waals surface area contributed by atoms with Crippen LogP contribution in [0.15, 0.2) is 60.2 Å². The minimum Gasteiger partial charge on any atom is -0.423 e. The third kappa shape index (κ3) is 5.47. The van der Waals surface area contributed by atoms with Crippen molar-refractivity contribution >= 4 is 18.1 Å². The number of hydrogen-bond acceptors (Lipinski definition) is 4. The second kappa shape index (κ2) is 9.01. The van der Waals surface area contributed by atoms with Crippen LogP contribution in [0.3, 0.4) is 0 Å². The van der Waals surface area contributed by atoms with Gasteiger partial charge in [0.25, 0.3) is 0 Å². The van der Waals surface area contributed by atoms with E-state index in [0.717, 1.165) is 5.56 Å². The highest BCUT2D eigenvalue weighted by atomic mass is 16.5. The lowest BCUT2D eigenvalue weighted by molar-refractivity contribution is -0.128. The van der Waals surface area contributed by atoms with Gasteiger partial charge in [0.05, 0.1) is 0 Å². The number of benzene rings is 2. The molecule has 0 fully saturated rings. The first-order chi connectivity index (χ1) is 12.5. The molecular formula is C22H18N2O2. The predicted molar refractivity (Wildman–Crippen MR) is 101 cm³/mol. The van der Waals surface area contributed by atoms with Gasteiger partial charge in [-0.05, 0) is 46.9 Å². The fourth-order valence-corrected chi connectivity index (χ4v) is 2.19. The molecule has 0 saturated heterocycles. The molecule has 0 amide bonds. The van der Waals surface area contributed by atoms with Crippen LogP contribution in [0.1, 0.15) is 36.5 Å². The minimum atomic E-state index is -0.476. The van der Waals surface area contributed by atoms with Crippen molar-refractivity contribution in [3.8, 4) is 17.9 Å². The molecule has 4 heteroatoms. The largest absolute Gasteiger partial charge is 0.423 e. The summed E-state index contributed by atoms with van der Waals surface area (Å²) in [6, 6.07) is 18.2. The summed E-state index contributed by atoms with van der Waals surface area (Å²) in [6.45, 7) is 4.26. The average molecular weight is 342 g/mol. The van der Waals surface area contributed by atoms with E-state index in [0.29, 0.717) is 17.2 Å². The molecule has 0 aliphatic heterocycles. The number of hydrogen-bond donors (Lipinski definition) is 0. The number of nitrogens with zero attached hydrogens (tertiary/aromatic N) is 2. The molecule has 0 aliphatic carbocycles. The van der Waals surface area contributed by atoms with Crippen LogP contribution in [0.2, 0.25) is 0 Å². The van der Waals surface area contributed by atoms with Gasteiger partial charge in [-0.2, -0.15) is 10.5 Å². The lowest BCUT2D eigenvalue weighted by atomic mass is 10.0. The molecule has 0 atom stereocenters. The number of allylic oxidation sites excluding steroid dienone is 1. The molecule has 0 heterocycles. The zero-order valence-corrected chi connectivity index (χ0v) is 14.6. The van der Waals surface area contributed by atoms with E-state index >= 15 is 0 Å². The summed E-state index contributed by atoms with van der Waals surface area (Å²) in [7, 11) is 0. The SMILES string of the molecule is CC(C)c1ccc(/C=C/C(=O)Oc2ccc(C=C(C#N)C#N)cc2)cc1. The average Bonchev–Trinajstić information content (AvgIpc) is 2.66. The summed E-state index contributed by atoms with van der Waals surface area (Å²) < 4.78 is 5.23. The van der Waals surface area contributed by atoms with Gasteiger partial charge in [-0.25, -0.2) is 4.79 Å². The molecule has 0 radical (unpaired) electrons. The van der Waals surface area contributed by atoms with Gasteiger partial charge in [0.1, 0.15) is 23.5 Å². The molecule has 0 aromatic heterocycles. The first kappa shape index (κ1) is 18.7. The normalized spacial score (nSPS) is 10.2. The Balaban J connectivity index is 1.98. The van der Waals surface area contributed by atoms with Crippen LogP contribution in [-0.4, -0.2) is 5.97 Å². The maximum absolute atomic E-state index is 11.9. The van der Waals surface area contributed by atoms with E-state index in [1.165, 1.54) is 17.7 Å². The maximum atomic E-state index is 11.9. The number of rotatable bonds is 5. The summed E-state index contributed by atoms with van der Waals surface area (Å²) in [5.74, 6) is 0.381. The summed E-state index contributed by atoms with van der Waals surface area (Å²) in [6.07, 6.45) is 4.55. The van der Waals surface area contributed by atoms with E-state index in [1.54, 1.807) is 42.5 Å². The molecule has 0 N–H and O–H groups in total. The molecule has 0 unspecified atom stereocenters. The number of carbonyl (C=O) groups is 1. The van der Waals surface area contributed by atoms with Crippen molar-refractivity contribution in [3.63, 3.8) is 0 Å². The molecule has 0 spiro atoms. The maximum Gasteiger partial charge on any atom is 0.336 e. The van der Waals surface area contributed by atoms with E-state index in [1.807, 2.05) is 24.3 Å². The fraction of sp³-hybridized carbons (Fsp3) is 0.136. The molecule has 4 nitrogen and oxygen atoms in total. The van der Waals surface area contributed by atoms with Crippen LogP contribution in [-0.2, 0) is 4.79 Å². The summed E-state index contributed by atoms with van der Waals surface area (Å²) in [5.41, 5.74) is 2.87. The Bertz CT molecular complexity index is 891. The van der Waals surface area contributed by atoms with Gasteiger partial charge in [0, 0.05) is 6.08 Å². The Morgan fingerprint density at radius 1 is 0.962 bits per heavy atom. The van der Waals surface area contributed by atoms with Crippen LogP contribution >= 0.6 is 0 Å².